The molecule has 0 radical (unpaired) electrons. The van der Waals surface area contributed by atoms with Gasteiger partial charge in [-0.3, -0.25) is 19.2 Å². The van der Waals surface area contributed by atoms with Gasteiger partial charge in [-0.2, -0.15) is 0 Å². The lowest BCUT2D eigenvalue weighted by atomic mass is 9.96. The Bertz CT molecular complexity index is 516. The Morgan fingerprint density at radius 3 is 1.96 bits per heavy atom. The fourth-order valence-corrected chi connectivity index (χ4v) is 2.17. The van der Waals surface area contributed by atoms with E-state index in [2.05, 4.69) is 0 Å². The van der Waals surface area contributed by atoms with Crippen LogP contribution in [0.1, 0.15) is 27.7 Å². The van der Waals surface area contributed by atoms with Crippen LogP contribution < -0.4 is 0 Å². The Hall–Kier alpha value is -2.20. The molecule has 24 heavy (non-hydrogen) atoms. The summed E-state index contributed by atoms with van der Waals surface area (Å²) in [7, 11) is 0. The van der Waals surface area contributed by atoms with E-state index in [1.165, 1.54) is 0 Å². The third-order valence-electron chi connectivity index (χ3n) is 3.00. The Morgan fingerprint density at radius 1 is 0.958 bits per heavy atom. The van der Waals surface area contributed by atoms with Gasteiger partial charge in [-0.05, 0) is 0 Å². The zero-order valence-electron chi connectivity index (χ0n) is 13.8. The van der Waals surface area contributed by atoms with Gasteiger partial charge in [0.05, 0.1) is 6.61 Å². The highest BCUT2D eigenvalue weighted by Crippen LogP contribution is 2.31. The highest BCUT2D eigenvalue weighted by molar-refractivity contribution is 5.68. The first kappa shape index (κ1) is 19.8. The van der Waals surface area contributed by atoms with Crippen LogP contribution in [0.25, 0.3) is 0 Å². The molecule has 1 N–H and O–H groups in total. The number of rotatable bonds is 5. The molecule has 0 bridgehead atoms. The quantitative estimate of drug-likeness (QED) is 0.490. The van der Waals surface area contributed by atoms with Crippen LogP contribution in [-0.4, -0.2) is 66.3 Å². The van der Waals surface area contributed by atoms with Gasteiger partial charge in [0.2, 0.25) is 5.79 Å². The molecule has 0 saturated carbocycles. The molecule has 0 aromatic heterocycles. The van der Waals surface area contributed by atoms with Gasteiger partial charge in [-0.25, -0.2) is 0 Å². The molecule has 1 fully saturated rings. The summed E-state index contributed by atoms with van der Waals surface area (Å²) in [4.78, 5) is 44.9. The van der Waals surface area contributed by atoms with Gasteiger partial charge in [0.25, 0.3) is 0 Å². The summed E-state index contributed by atoms with van der Waals surface area (Å²) >= 11 is 0. The van der Waals surface area contributed by atoms with Gasteiger partial charge >= 0.3 is 23.9 Å². The minimum atomic E-state index is -2.27. The summed E-state index contributed by atoms with van der Waals surface area (Å²) in [5.41, 5.74) is 0. The van der Waals surface area contributed by atoms with Crippen molar-refractivity contribution in [2.24, 2.45) is 0 Å². The molecular formula is C14H20O10. The molecule has 1 aliphatic heterocycles. The van der Waals surface area contributed by atoms with Crippen molar-refractivity contribution in [2.75, 3.05) is 13.2 Å². The molecule has 136 valence electrons. The Balaban J connectivity index is 3.14. The lowest BCUT2D eigenvalue weighted by molar-refractivity contribution is -0.335. The highest BCUT2D eigenvalue weighted by Gasteiger charge is 2.56. The number of esters is 4. The molecule has 4 atom stereocenters. The molecule has 0 aromatic rings. The van der Waals surface area contributed by atoms with E-state index in [1.54, 1.807) is 0 Å². The normalized spacial score (nSPS) is 29.3. The minimum absolute atomic E-state index is 0.368. The van der Waals surface area contributed by atoms with Crippen LogP contribution in [0.3, 0.4) is 0 Å². The molecule has 0 amide bonds. The number of carbonyl (C=O) groups excluding carboxylic acids is 4. The maximum absolute atomic E-state index is 11.4. The van der Waals surface area contributed by atoms with Gasteiger partial charge in [0, 0.05) is 27.7 Å². The minimum Gasteiger partial charge on any atom is -0.460 e. The summed E-state index contributed by atoms with van der Waals surface area (Å²) in [6.07, 6.45) is -4.03. The number of hydrogen-bond acceptors (Lipinski definition) is 10. The first-order valence-corrected chi connectivity index (χ1v) is 7.06. The van der Waals surface area contributed by atoms with E-state index in [-0.39, 0.29) is 6.61 Å². The number of aliphatic hydroxyl groups is 1. The lowest BCUT2D eigenvalue weighted by Gasteiger charge is -2.44. The van der Waals surface area contributed by atoms with Crippen LogP contribution in [-0.2, 0) is 42.9 Å². The van der Waals surface area contributed by atoms with Gasteiger partial charge in [0.15, 0.2) is 18.3 Å². The van der Waals surface area contributed by atoms with Crippen molar-refractivity contribution >= 4 is 23.9 Å². The Morgan fingerprint density at radius 2 is 1.50 bits per heavy atom. The predicted octanol–water partition coefficient (Wildman–Crippen LogP) is -0.937. The molecule has 1 unspecified atom stereocenters. The molecule has 0 spiro atoms. The largest absolute Gasteiger partial charge is 0.460 e. The van der Waals surface area contributed by atoms with E-state index in [0.29, 0.717) is 0 Å². The van der Waals surface area contributed by atoms with Crippen molar-refractivity contribution in [3.63, 3.8) is 0 Å². The average Bonchev–Trinajstić information content (AvgIpc) is 2.43. The molecule has 10 heteroatoms. The van der Waals surface area contributed by atoms with Crippen LogP contribution in [0.5, 0.6) is 0 Å². The smallest absolute Gasteiger partial charge is 0.303 e. The van der Waals surface area contributed by atoms with Crippen molar-refractivity contribution in [2.45, 2.75) is 51.8 Å². The summed E-state index contributed by atoms with van der Waals surface area (Å²) in [5.74, 6) is -5.24. The number of carbonyl (C=O) groups is 4. The van der Waals surface area contributed by atoms with E-state index < -0.39 is 54.6 Å². The lowest BCUT2D eigenvalue weighted by Crippen LogP contribution is -2.65. The monoisotopic (exact) mass is 348 g/mol. The molecular weight excluding hydrogens is 328 g/mol. The van der Waals surface area contributed by atoms with E-state index in [4.69, 9.17) is 23.7 Å². The maximum atomic E-state index is 11.4. The van der Waals surface area contributed by atoms with Crippen LogP contribution in [0.15, 0.2) is 0 Å². The highest BCUT2D eigenvalue weighted by atomic mass is 16.7. The van der Waals surface area contributed by atoms with Crippen molar-refractivity contribution in [1.82, 2.24) is 0 Å². The van der Waals surface area contributed by atoms with E-state index >= 15 is 0 Å². The summed E-state index contributed by atoms with van der Waals surface area (Å²) in [6.45, 7) is 3.35. The second-order valence-electron chi connectivity index (χ2n) is 5.19. The molecule has 1 aliphatic rings. The molecule has 1 saturated heterocycles. The van der Waals surface area contributed by atoms with Crippen molar-refractivity contribution < 1.29 is 48.0 Å². The maximum Gasteiger partial charge on any atom is 0.303 e. The van der Waals surface area contributed by atoms with Gasteiger partial charge in [-0.1, -0.05) is 0 Å². The third-order valence-corrected chi connectivity index (χ3v) is 3.00. The second kappa shape index (κ2) is 8.06. The molecule has 0 aromatic carbocycles. The van der Waals surface area contributed by atoms with E-state index in [1.807, 2.05) is 0 Å². The first-order chi connectivity index (χ1) is 11.0. The average molecular weight is 348 g/mol. The van der Waals surface area contributed by atoms with E-state index in [0.717, 1.165) is 27.7 Å². The fraction of sp³-hybridized carbons (Fsp3) is 0.714. The number of hydrogen-bond donors (Lipinski definition) is 1. The van der Waals surface area contributed by atoms with Gasteiger partial charge < -0.3 is 28.8 Å². The molecule has 0 aliphatic carbocycles. The Kier molecular flexibility index (Phi) is 6.67. The second-order valence-corrected chi connectivity index (χ2v) is 5.19. The van der Waals surface area contributed by atoms with Crippen LogP contribution in [0, 0.1) is 0 Å². The summed E-state index contributed by atoms with van der Waals surface area (Å²) < 4.78 is 24.9. The van der Waals surface area contributed by atoms with Crippen LogP contribution >= 0.6 is 0 Å². The predicted molar refractivity (Wildman–Crippen MR) is 74.2 cm³/mol. The van der Waals surface area contributed by atoms with Crippen molar-refractivity contribution in [3.05, 3.63) is 0 Å². The molecule has 1 rings (SSSR count). The van der Waals surface area contributed by atoms with Crippen molar-refractivity contribution in [3.8, 4) is 0 Å². The van der Waals surface area contributed by atoms with E-state index in [9.17, 15) is 24.3 Å². The Labute approximate surface area is 137 Å². The molecule has 1 heterocycles. The zero-order chi connectivity index (χ0) is 18.5. The summed E-state index contributed by atoms with van der Waals surface area (Å²) in [6, 6.07) is 0. The third kappa shape index (κ3) is 5.46. The number of ether oxygens (including phenoxy) is 5. The van der Waals surface area contributed by atoms with Gasteiger partial charge in [0.1, 0.15) is 6.61 Å². The first-order valence-electron chi connectivity index (χ1n) is 7.06. The SMILES string of the molecule is CC(=O)OCC1(O)OC[C@@H](OC(C)=O)[C@H](OC(C)=O)[C@@H]1OC(C)=O. The van der Waals surface area contributed by atoms with Crippen LogP contribution in [0.2, 0.25) is 0 Å². The standard InChI is InChI=1S/C14H20O10/c1-7(15)20-6-14(19)13(24-10(4)18)12(23-9(3)17)11(5-21-14)22-8(2)16/h11-13,19H,5-6H2,1-4H3/t11-,12+,13+,14?/m1/s1. The summed E-state index contributed by atoms with van der Waals surface area (Å²) in [5, 5.41) is 10.6. The fourth-order valence-electron chi connectivity index (χ4n) is 2.17. The van der Waals surface area contributed by atoms with Gasteiger partial charge in [-0.15, -0.1) is 0 Å². The molecule has 10 nitrogen and oxygen atoms in total. The van der Waals surface area contributed by atoms with Crippen molar-refractivity contribution in [1.29, 1.82) is 0 Å². The topological polar surface area (TPSA) is 135 Å². The van der Waals surface area contributed by atoms with Crippen LogP contribution in [0.4, 0.5) is 0 Å². The zero-order valence-corrected chi connectivity index (χ0v) is 13.8.